The van der Waals surface area contributed by atoms with Crippen molar-refractivity contribution in [2.75, 3.05) is 17.2 Å². The van der Waals surface area contributed by atoms with E-state index < -0.39 is 17.9 Å². The minimum atomic E-state index is -1.02. The number of carbonyl (C=O) groups is 3. The van der Waals surface area contributed by atoms with Crippen LogP contribution in [0.3, 0.4) is 0 Å². The number of carbonyl (C=O) groups excluding carboxylic acids is 3. The maximum Gasteiger partial charge on any atom is 0.273 e. The summed E-state index contributed by atoms with van der Waals surface area (Å²) in [6.07, 6.45) is 3.93. The number of hydrogen-bond acceptors (Lipinski definition) is 7. The van der Waals surface area contributed by atoms with Gasteiger partial charge in [-0.1, -0.05) is 26.0 Å². The van der Waals surface area contributed by atoms with Gasteiger partial charge < -0.3 is 16.8 Å². The summed E-state index contributed by atoms with van der Waals surface area (Å²) in [7, 11) is 0. The number of amides is 3. The predicted molar refractivity (Wildman–Crippen MR) is 137 cm³/mol. The second-order valence-electron chi connectivity index (χ2n) is 8.76. The zero-order valence-corrected chi connectivity index (χ0v) is 21.1. The van der Waals surface area contributed by atoms with E-state index in [0.29, 0.717) is 23.7 Å². The summed E-state index contributed by atoms with van der Waals surface area (Å²) in [5, 5.41) is 2.97. The van der Waals surface area contributed by atoms with E-state index in [4.69, 9.17) is 11.5 Å². The Kier molecular flexibility index (Phi) is 8.18. The summed E-state index contributed by atoms with van der Waals surface area (Å²) < 4.78 is 3.98. The quantitative estimate of drug-likeness (QED) is 0.416. The topological polar surface area (TPSA) is 144 Å². The summed E-state index contributed by atoms with van der Waals surface area (Å²) in [6, 6.07) is 8.03. The number of pyridine rings is 1. The third-order valence-corrected chi connectivity index (χ3v) is 6.40. The molecule has 0 saturated carbocycles. The first-order valence-electron chi connectivity index (χ1n) is 11.2. The van der Waals surface area contributed by atoms with Gasteiger partial charge in [-0.15, -0.1) is 0 Å². The first-order valence-corrected chi connectivity index (χ1v) is 12.0. The molecule has 2 heterocycles. The molecule has 0 radical (unpaired) electrons. The van der Waals surface area contributed by atoms with Crippen LogP contribution in [0.25, 0.3) is 0 Å². The molecule has 0 spiro atoms. The van der Waals surface area contributed by atoms with Crippen molar-refractivity contribution in [3.63, 3.8) is 0 Å². The zero-order chi connectivity index (χ0) is 25.7. The Labute approximate surface area is 208 Å². The maximum absolute atomic E-state index is 14.0. The van der Waals surface area contributed by atoms with Crippen molar-refractivity contribution in [3.8, 4) is 0 Å². The van der Waals surface area contributed by atoms with Gasteiger partial charge in [0.1, 0.15) is 10.9 Å². The van der Waals surface area contributed by atoms with Crippen LogP contribution < -0.4 is 21.7 Å². The first-order chi connectivity index (χ1) is 16.6. The fourth-order valence-electron chi connectivity index (χ4n) is 3.63. The van der Waals surface area contributed by atoms with Gasteiger partial charge in [-0.25, -0.2) is 0 Å². The van der Waals surface area contributed by atoms with E-state index in [1.54, 1.807) is 24.5 Å². The Balaban J connectivity index is 2.19. The molecule has 1 atom stereocenters. The van der Waals surface area contributed by atoms with E-state index in [1.807, 2.05) is 32.0 Å². The number of nitrogens with one attached hydrogen (secondary N) is 1. The fraction of sp³-hybridized carbons (Fsp3) is 0.320. The van der Waals surface area contributed by atoms with Crippen molar-refractivity contribution >= 4 is 40.6 Å². The van der Waals surface area contributed by atoms with E-state index in [-0.39, 0.29) is 22.2 Å². The van der Waals surface area contributed by atoms with E-state index in [9.17, 15) is 14.4 Å². The molecular weight excluding hydrogens is 464 g/mol. The van der Waals surface area contributed by atoms with Gasteiger partial charge in [0.05, 0.1) is 5.69 Å². The molecule has 9 nitrogen and oxygen atoms in total. The minimum Gasteiger partial charge on any atom is -0.395 e. The molecule has 0 aliphatic heterocycles. The van der Waals surface area contributed by atoms with Crippen LogP contribution in [0.15, 0.2) is 42.7 Å². The lowest BCUT2D eigenvalue weighted by atomic mass is 10.0. The number of hydrogen-bond donors (Lipinski definition) is 3. The normalized spacial score (nSPS) is 11.8. The number of aryl methyl sites for hydroxylation is 2. The third kappa shape index (κ3) is 5.83. The van der Waals surface area contributed by atoms with Gasteiger partial charge in [-0.2, -0.15) is 4.37 Å². The van der Waals surface area contributed by atoms with Crippen molar-refractivity contribution in [1.29, 1.82) is 0 Å². The van der Waals surface area contributed by atoms with Crippen LogP contribution in [-0.4, -0.2) is 33.6 Å². The number of nitrogens with zero attached hydrogens (tertiary/aromatic N) is 3. The molecule has 5 N–H and O–H groups in total. The highest BCUT2D eigenvalue weighted by Crippen LogP contribution is 2.35. The molecule has 2 aromatic heterocycles. The predicted octanol–water partition coefficient (Wildman–Crippen LogP) is 3.39. The fourth-order valence-corrected chi connectivity index (χ4v) is 4.37. The molecule has 184 valence electrons. The number of primary amides is 1. The van der Waals surface area contributed by atoms with Gasteiger partial charge in [0.15, 0.2) is 5.69 Å². The highest BCUT2D eigenvalue weighted by Gasteiger charge is 2.36. The van der Waals surface area contributed by atoms with E-state index >= 15 is 0 Å². The molecular formula is C25H30N6O3S. The van der Waals surface area contributed by atoms with Gasteiger partial charge in [0.2, 0.25) is 5.91 Å². The van der Waals surface area contributed by atoms with Crippen molar-refractivity contribution in [1.82, 2.24) is 14.7 Å². The Morgan fingerprint density at radius 3 is 2.40 bits per heavy atom. The summed E-state index contributed by atoms with van der Waals surface area (Å²) in [5.74, 6) is -1.32. The van der Waals surface area contributed by atoms with Crippen LogP contribution >= 0.6 is 11.5 Å². The summed E-state index contributed by atoms with van der Waals surface area (Å²) >= 11 is 0.781. The average molecular weight is 495 g/mol. The molecule has 1 aromatic carbocycles. The second-order valence-corrected chi connectivity index (χ2v) is 9.53. The van der Waals surface area contributed by atoms with Crippen LogP contribution in [0.5, 0.6) is 0 Å². The Morgan fingerprint density at radius 2 is 1.80 bits per heavy atom. The molecule has 0 bridgehead atoms. The number of nitrogens with two attached hydrogens (primary N) is 2. The van der Waals surface area contributed by atoms with Crippen LogP contribution in [0, 0.1) is 19.8 Å². The van der Waals surface area contributed by atoms with Gasteiger partial charge in [-0.3, -0.25) is 24.3 Å². The number of anilines is 2. The number of nitrogen functional groups attached to an aromatic ring is 1. The molecule has 35 heavy (non-hydrogen) atoms. The third-order valence-electron chi connectivity index (χ3n) is 5.55. The monoisotopic (exact) mass is 494 g/mol. The van der Waals surface area contributed by atoms with E-state index in [0.717, 1.165) is 29.1 Å². The summed E-state index contributed by atoms with van der Waals surface area (Å²) in [5.41, 5.74) is 14.0. The van der Waals surface area contributed by atoms with Crippen LogP contribution in [0.1, 0.15) is 63.2 Å². The molecule has 3 amide bonds. The SMILES string of the molecule is Cc1ccc(C)c(N(C(=O)c2snc(C(N)=O)c2N)C(C(=O)NCCC(C)C)c2ccncc2)c1. The van der Waals surface area contributed by atoms with Crippen molar-refractivity contribution in [3.05, 3.63) is 70.0 Å². The van der Waals surface area contributed by atoms with Crippen molar-refractivity contribution < 1.29 is 14.4 Å². The second kappa shape index (κ2) is 11.1. The lowest BCUT2D eigenvalue weighted by Crippen LogP contribution is -2.44. The Bertz CT molecular complexity index is 1230. The van der Waals surface area contributed by atoms with Gasteiger partial charge in [-0.05, 0) is 72.6 Å². The van der Waals surface area contributed by atoms with Crippen LogP contribution in [-0.2, 0) is 4.79 Å². The Morgan fingerprint density at radius 1 is 1.11 bits per heavy atom. The van der Waals surface area contributed by atoms with Gasteiger partial charge >= 0.3 is 0 Å². The lowest BCUT2D eigenvalue weighted by Gasteiger charge is -2.32. The molecule has 3 aromatic rings. The number of aromatic nitrogens is 2. The molecule has 0 fully saturated rings. The lowest BCUT2D eigenvalue weighted by molar-refractivity contribution is -0.122. The Hall–Kier alpha value is -3.79. The maximum atomic E-state index is 14.0. The zero-order valence-electron chi connectivity index (χ0n) is 20.2. The van der Waals surface area contributed by atoms with Gasteiger partial charge in [0.25, 0.3) is 11.8 Å². The largest absolute Gasteiger partial charge is 0.395 e. The molecule has 10 heteroatoms. The highest BCUT2D eigenvalue weighted by molar-refractivity contribution is 7.09. The highest BCUT2D eigenvalue weighted by atomic mass is 32.1. The first kappa shape index (κ1) is 25.8. The van der Waals surface area contributed by atoms with Crippen molar-refractivity contribution in [2.45, 2.75) is 40.2 Å². The van der Waals surface area contributed by atoms with Crippen LogP contribution in [0.2, 0.25) is 0 Å². The molecule has 3 rings (SSSR count). The number of benzene rings is 1. The smallest absolute Gasteiger partial charge is 0.273 e. The molecule has 1 unspecified atom stereocenters. The number of rotatable bonds is 9. The minimum absolute atomic E-state index is 0.0359. The summed E-state index contributed by atoms with van der Waals surface area (Å²) in [4.78, 5) is 44.9. The molecule has 0 aliphatic carbocycles. The standard InChI is InChI=1S/C25H30N6O3S/c1-14(2)7-12-29-24(33)21(17-8-10-28-11-9-17)31(18-13-15(3)5-6-16(18)4)25(34)22-19(26)20(23(27)32)30-35-22/h5-6,8-11,13-14,21H,7,12,26H2,1-4H3,(H2,27,32)(H,29,33). The van der Waals surface area contributed by atoms with E-state index in [1.165, 1.54) is 4.90 Å². The van der Waals surface area contributed by atoms with Crippen LogP contribution in [0.4, 0.5) is 11.4 Å². The van der Waals surface area contributed by atoms with Gasteiger partial charge in [0, 0.05) is 24.6 Å². The summed E-state index contributed by atoms with van der Waals surface area (Å²) in [6.45, 7) is 8.37. The molecule has 0 saturated heterocycles. The van der Waals surface area contributed by atoms with Crippen molar-refractivity contribution in [2.24, 2.45) is 11.7 Å². The van der Waals surface area contributed by atoms with E-state index in [2.05, 4.69) is 28.5 Å². The average Bonchev–Trinajstić information content (AvgIpc) is 3.20. The molecule has 0 aliphatic rings.